The van der Waals surface area contributed by atoms with Crippen molar-refractivity contribution in [2.45, 2.75) is 24.3 Å². The standard InChI is InChI=1S/C10H13NOS3/c1-6(12)8-5-15-10(11-8)9-7(2)13-3-4-14-9/h5,7,9H,3-4H2,1-2H3. The lowest BCUT2D eigenvalue weighted by Gasteiger charge is -2.25. The van der Waals surface area contributed by atoms with Crippen molar-refractivity contribution in [2.75, 3.05) is 11.5 Å². The zero-order valence-corrected chi connectivity index (χ0v) is 11.2. The number of hydrogen-bond donors (Lipinski definition) is 0. The zero-order valence-electron chi connectivity index (χ0n) is 8.73. The summed E-state index contributed by atoms with van der Waals surface area (Å²) >= 11 is 5.59. The molecule has 0 radical (unpaired) electrons. The first-order valence-electron chi connectivity index (χ1n) is 4.88. The van der Waals surface area contributed by atoms with Crippen LogP contribution in [0.1, 0.15) is 34.6 Å². The van der Waals surface area contributed by atoms with Gasteiger partial charge in [0.1, 0.15) is 10.7 Å². The molecule has 1 aliphatic heterocycles. The van der Waals surface area contributed by atoms with Gasteiger partial charge in [0, 0.05) is 29.1 Å². The zero-order chi connectivity index (χ0) is 10.8. The molecule has 2 nitrogen and oxygen atoms in total. The van der Waals surface area contributed by atoms with Crippen molar-refractivity contribution in [1.82, 2.24) is 4.98 Å². The van der Waals surface area contributed by atoms with E-state index in [1.807, 2.05) is 28.9 Å². The number of thioether (sulfide) groups is 2. The Hall–Kier alpha value is -0.000000000000000167. The highest BCUT2D eigenvalue weighted by atomic mass is 32.2. The van der Waals surface area contributed by atoms with Gasteiger partial charge in [-0.05, 0) is 0 Å². The number of thiazole rings is 1. The van der Waals surface area contributed by atoms with Gasteiger partial charge in [-0.1, -0.05) is 6.92 Å². The van der Waals surface area contributed by atoms with Crippen molar-refractivity contribution in [1.29, 1.82) is 0 Å². The number of aromatic nitrogens is 1. The molecule has 2 rings (SSSR count). The molecule has 15 heavy (non-hydrogen) atoms. The maximum atomic E-state index is 11.2. The average Bonchev–Trinajstić information content (AvgIpc) is 2.67. The van der Waals surface area contributed by atoms with E-state index in [9.17, 15) is 4.79 Å². The lowest BCUT2D eigenvalue weighted by Crippen LogP contribution is -2.15. The SMILES string of the molecule is CC(=O)c1csc(C2SCCSC2C)n1. The molecule has 5 heteroatoms. The molecule has 1 fully saturated rings. The summed E-state index contributed by atoms with van der Waals surface area (Å²) in [6.07, 6.45) is 0. The van der Waals surface area contributed by atoms with E-state index < -0.39 is 0 Å². The van der Waals surface area contributed by atoms with Gasteiger partial charge in [-0.3, -0.25) is 4.79 Å². The van der Waals surface area contributed by atoms with Gasteiger partial charge in [-0.15, -0.1) is 23.1 Å². The predicted octanol–water partition coefficient (Wildman–Crippen LogP) is 3.26. The van der Waals surface area contributed by atoms with Crippen LogP contribution in [0, 0.1) is 0 Å². The average molecular weight is 259 g/mol. The second kappa shape index (κ2) is 4.89. The van der Waals surface area contributed by atoms with Crippen LogP contribution in [0.25, 0.3) is 0 Å². The largest absolute Gasteiger partial charge is 0.293 e. The van der Waals surface area contributed by atoms with E-state index in [1.165, 1.54) is 11.5 Å². The number of ketones is 1. The van der Waals surface area contributed by atoms with Crippen LogP contribution < -0.4 is 0 Å². The molecule has 1 saturated heterocycles. The van der Waals surface area contributed by atoms with E-state index in [0.29, 0.717) is 16.2 Å². The first-order valence-corrected chi connectivity index (χ1v) is 7.86. The van der Waals surface area contributed by atoms with Gasteiger partial charge in [0.05, 0.1) is 5.25 Å². The Kier molecular flexibility index (Phi) is 3.74. The summed E-state index contributed by atoms with van der Waals surface area (Å²) in [5, 5.41) is 4.07. The molecule has 2 atom stereocenters. The van der Waals surface area contributed by atoms with Gasteiger partial charge in [-0.2, -0.15) is 11.8 Å². The van der Waals surface area contributed by atoms with E-state index in [0.717, 1.165) is 5.01 Å². The maximum absolute atomic E-state index is 11.2. The van der Waals surface area contributed by atoms with Gasteiger partial charge in [0.2, 0.25) is 0 Å². The third-order valence-corrected chi connectivity index (χ3v) is 6.49. The van der Waals surface area contributed by atoms with Crippen molar-refractivity contribution >= 4 is 40.6 Å². The van der Waals surface area contributed by atoms with Crippen LogP contribution in [-0.2, 0) is 0 Å². The Balaban J connectivity index is 2.17. The normalized spacial score (nSPS) is 26.5. The fraction of sp³-hybridized carbons (Fsp3) is 0.600. The first-order chi connectivity index (χ1) is 7.18. The smallest absolute Gasteiger partial charge is 0.178 e. The van der Waals surface area contributed by atoms with Crippen LogP contribution in [0.5, 0.6) is 0 Å². The van der Waals surface area contributed by atoms with E-state index in [-0.39, 0.29) is 5.78 Å². The molecular formula is C10H13NOS3. The Morgan fingerprint density at radius 1 is 1.47 bits per heavy atom. The molecule has 1 aliphatic rings. The molecule has 0 saturated carbocycles. The number of hydrogen-bond acceptors (Lipinski definition) is 5. The third kappa shape index (κ3) is 2.57. The summed E-state index contributed by atoms with van der Waals surface area (Å²) in [7, 11) is 0. The van der Waals surface area contributed by atoms with Crippen LogP contribution in [0.15, 0.2) is 5.38 Å². The van der Waals surface area contributed by atoms with E-state index in [2.05, 4.69) is 11.9 Å². The summed E-state index contributed by atoms with van der Waals surface area (Å²) < 4.78 is 0. The molecule has 0 amide bonds. The highest BCUT2D eigenvalue weighted by Gasteiger charge is 2.26. The minimum Gasteiger partial charge on any atom is -0.293 e. The van der Waals surface area contributed by atoms with E-state index >= 15 is 0 Å². The summed E-state index contributed by atoms with van der Waals surface area (Å²) in [5.41, 5.74) is 0.623. The number of carbonyl (C=O) groups is 1. The highest BCUT2D eigenvalue weighted by Crippen LogP contribution is 2.43. The Bertz CT molecular complexity index is 363. The number of rotatable bonds is 2. The molecule has 82 valence electrons. The lowest BCUT2D eigenvalue weighted by molar-refractivity contribution is 0.101. The Labute approximate surface area is 102 Å². The fourth-order valence-corrected chi connectivity index (χ4v) is 5.52. The summed E-state index contributed by atoms with van der Waals surface area (Å²) in [6, 6.07) is 0. The van der Waals surface area contributed by atoms with Gasteiger partial charge >= 0.3 is 0 Å². The van der Waals surface area contributed by atoms with Crippen LogP contribution in [0.3, 0.4) is 0 Å². The second-order valence-corrected chi connectivity index (χ2v) is 7.12. The topological polar surface area (TPSA) is 30.0 Å². The van der Waals surface area contributed by atoms with Gasteiger partial charge < -0.3 is 0 Å². The summed E-state index contributed by atoms with van der Waals surface area (Å²) in [6.45, 7) is 3.82. The van der Waals surface area contributed by atoms with Crippen LogP contribution in [0.4, 0.5) is 0 Å². The molecule has 2 unspecified atom stereocenters. The summed E-state index contributed by atoms with van der Waals surface area (Å²) in [5.74, 6) is 2.49. The van der Waals surface area contributed by atoms with Crippen molar-refractivity contribution < 1.29 is 4.79 Å². The quantitative estimate of drug-likeness (QED) is 0.763. The van der Waals surface area contributed by atoms with Gasteiger partial charge in [0.15, 0.2) is 5.78 Å². The Morgan fingerprint density at radius 3 is 2.80 bits per heavy atom. The van der Waals surface area contributed by atoms with E-state index in [4.69, 9.17) is 0 Å². The van der Waals surface area contributed by atoms with Crippen LogP contribution >= 0.6 is 34.9 Å². The van der Waals surface area contributed by atoms with E-state index in [1.54, 1.807) is 18.3 Å². The Morgan fingerprint density at radius 2 is 2.20 bits per heavy atom. The van der Waals surface area contributed by atoms with Gasteiger partial charge in [0.25, 0.3) is 0 Å². The lowest BCUT2D eigenvalue weighted by atomic mass is 10.3. The number of carbonyl (C=O) groups excluding carboxylic acids is 1. The molecular weight excluding hydrogens is 246 g/mol. The van der Waals surface area contributed by atoms with Crippen LogP contribution in [-0.4, -0.2) is 27.5 Å². The first kappa shape index (κ1) is 11.5. The molecule has 0 aliphatic carbocycles. The third-order valence-electron chi connectivity index (χ3n) is 2.31. The minimum atomic E-state index is 0.0682. The van der Waals surface area contributed by atoms with Crippen molar-refractivity contribution in [3.8, 4) is 0 Å². The van der Waals surface area contributed by atoms with Crippen molar-refractivity contribution in [3.05, 3.63) is 16.1 Å². The van der Waals surface area contributed by atoms with Crippen LogP contribution in [0.2, 0.25) is 0 Å². The van der Waals surface area contributed by atoms with Gasteiger partial charge in [-0.25, -0.2) is 4.98 Å². The predicted molar refractivity (Wildman–Crippen MR) is 69.2 cm³/mol. The minimum absolute atomic E-state index is 0.0682. The maximum Gasteiger partial charge on any atom is 0.178 e. The van der Waals surface area contributed by atoms with Crippen molar-refractivity contribution in [3.63, 3.8) is 0 Å². The highest BCUT2D eigenvalue weighted by molar-refractivity contribution is 8.06. The van der Waals surface area contributed by atoms with Crippen molar-refractivity contribution in [2.24, 2.45) is 0 Å². The second-order valence-electron chi connectivity index (χ2n) is 3.49. The molecule has 0 spiro atoms. The molecule has 1 aromatic heterocycles. The molecule has 0 N–H and O–H groups in total. The number of Topliss-reactive ketones (excluding diaryl/α,β-unsaturated/α-hetero) is 1. The fourth-order valence-electron chi connectivity index (χ4n) is 1.48. The molecule has 0 aromatic carbocycles. The molecule has 0 bridgehead atoms. The monoisotopic (exact) mass is 259 g/mol. The number of nitrogens with zero attached hydrogens (tertiary/aromatic N) is 1. The summed E-state index contributed by atoms with van der Waals surface area (Å²) in [4.78, 5) is 15.6. The molecule has 1 aromatic rings. The molecule has 2 heterocycles.